The molecule has 0 spiro atoms. The van der Waals surface area contributed by atoms with Crippen molar-refractivity contribution in [1.82, 2.24) is 10.6 Å². The third kappa shape index (κ3) is 4.60. The zero-order valence-corrected chi connectivity index (χ0v) is 12.3. The molecule has 0 radical (unpaired) electrons. The van der Waals surface area contributed by atoms with Gasteiger partial charge in [0.25, 0.3) is 5.69 Å². The van der Waals surface area contributed by atoms with E-state index in [1.807, 2.05) is 0 Å². The number of nitro groups is 1. The molecule has 8 nitrogen and oxygen atoms in total. The monoisotopic (exact) mass is 297 g/mol. The molecule has 1 rings (SSSR count). The Morgan fingerprint density at radius 2 is 1.90 bits per heavy atom. The lowest BCUT2D eigenvalue weighted by atomic mass is 10.1. The van der Waals surface area contributed by atoms with E-state index < -0.39 is 4.92 Å². The number of amides is 1. The summed E-state index contributed by atoms with van der Waals surface area (Å²) in [6, 6.07) is 2.88. The van der Waals surface area contributed by atoms with Crippen LogP contribution in [-0.4, -0.2) is 45.2 Å². The van der Waals surface area contributed by atoms with Gasteiger partial charge in [-0.25, -0.2) is 0 Å². The highest BCUT2D eigenvalue weighted by Crippen LogP contribution is 2.34. The summed E-state index contributed by atoms with van der Waals surface area (Å²) >= 11 is 0. The minimum Gasteiger partial charge on any atom is -0.493 e. The number of methoxy groups -OCH3 is 2. The van der Waals surface area contributed by atoms with E-state index in [1.54, 1.807) is 13.1 Å². The van der Waals surface area contributed by atoms with Crippen molar-refractivity contribution in [3.63, 3.8) is 0 Å². The highest BCUT2D eigenvalue weighted by atomic mass is 16.6. The zero-order chi connectivity index (χ0) is 15.8. The van der Waals surface area contributed by atoms with E-state index in [0.717, 1.165) is 0 Å². The number of likely N-dealkylation sites (N-methyl/N-ethyl adjacent to an activating group) is 1. The van der Waals surface area contributed by atoms with Gasteiger partial charge in [-0.15, -0.1) is 0 Å². The maximum atomic E-state index is 11.3. The molecule has 0 bridgehead atoms. The van der Waals surface area contributed by atoms with Gasteiger partial charge in [-0.05, 0) is 19.5 Å². The molecule has 2 N–H and O–H groups in total. The summed E-state index contributed by atoms with van der Waals surface area (Å²) in [4.78, 5) is 21.9. The molecule has 116 valence electrons. The second kappa shape index (κ2) is 8.05. The molecule has 0 heterocycles. The molecular formula is C13H19N3O5. The van der Waals surface area contributed by atoms with Crippen LogP contribution >= 0.6 is 0 Å². The van der Waals surface area contributed by atoms with Gasteiger partial charge in [0.2, 0.25) is 5.91 Å². The van der Waals surface area contributed by atoms with Gasteiger partial charge in [0.1, 0.15) is 0 Å². The molecule has 0 saturated carbocycles. The van der Waals surface area contributed by atoms with Crippen molar-refractivity contribution >= 4 is 11.6 Å². The maximum absolute atomic E-state index is 11.3. The number of carbonyl (C=O) groups is 1. The first-order valence-corrected chi connectivity index (χ1v) is 6.34. The first-order chi connectivity index (χ1) is 10.0. The number of hydrogen-bond acceptors (Lipinski definition) is 6. The van der Waals surface area contributed by atoms with Crippen LogP contribution < -0.4 is 20.1 Å². The quantitative estimate of drug-likeness (QED) is 0.535. The largest absolute Gasteiger partial charge is 0.493 e. The van der Waals surface area contributed by atoms with Gasteiger partial charge in [-0.1, -0.05) is 0 Å². The molecule has 0 aliphatic heterocycles. The number of benzene rings is 1. The van der Waals surface area contributed by atoms with Crippen molar-refractivity contribution in [1.29, 1.82) is 0 Å². The molecule has 8 heteroatoms. The zero-order valence-electron chi connectivity index (χ0n) is 12.3. The highest BCUT2D eigenvalue weighted by molar-refractivity contribution is 5.77. The summed E-state index contributed by atoms with van der Waals surface area (Å²) in [5.74, 6) is 0.549. The fourth-order valence-electron chi connectivity index (χ4n) is 1.84. The van der Waals surface area contributed by atoms with Gasteiger partial charge >= 0.3 is 0 Å². The van der Waals surface area contributed by atoms with Gasteiger partial charge in [0, 0.05) is 12.1 Å². The molecule has 21 heavy (non-hydrogen) atoms. The second-order valence-corrected chi connectivity index (χ2v) is 4.22. The molecule has 0 aliphatic rings. The summed E-state index contributed by atoms with van der Waals surface area (Å²) in [7, 11) is 4.54. The summed E-state index contributed by atoms with van der Waals surface area (Å²) in [5.41, 5.74) is 0.415. The van der Waals surface area contributed by atoms with E-state index in [1.165, 1.54) is 20.3 Å². The Labute approximate surface area is 122 Å². The van der Waals surface area contributed by atoms with E-state index in [4.69, 9.17) is 9.47 Å². The lowest BCUT2D eigenvalue weighted by Crippen LogP contribution is -2.33. The molecule has 0 saturated heterocycles. The van der Waals surface area contributed by atoms with Crippen LogP contribution in [-0.2, 0) is 11.2 Å². The molecule has 1 amide bonds. The summed E-state index contributed by atoms with van der Waals surface area (Å²) in [6.07, 6.45) is 0.326. The lowest BCUT2D eigenvalue weighted by Gasteiger charge is -2.11. The summed E-state index contributed by atoms with van der Waals surface area (Å²) in [6.45, 7) is 0.505. The number of nitrogens with one attached hydrogen (secondary N) is 2. The first-order valence-electron chi connectivity index (χ1n) is 6.34. The van der Waals surface area contributed by atoms with Crippen LogP contribution in [0.3, 0.4) is 0 Å². The fraction of sp³-hybridized carbons (Fsp3) is 0.462. The SMILES string of the molecule is CNCC(=O)NCCc1cc(OC)c(OC)cc1[N+](=O)[O-]. The minimum atomic E-state index is -0.479. The van der Waals surface area contributed by atoms with Gasteiger partial charge in [-0.2, -0.15) is 0 Å². The number of nitro benzene ring substituents is 1. The number of carbonyl (C=O) groups excluding carboxylic acids is 1. The lowest BCUT2D eigenvalue weighted by molar-refractivity contribution is -0.385. The normalized spacial score (nSPS) is 10.0. The van der Waals surface area contributed by atoms with Crippen LogP contribution in [0, 0.1) is 10.1 Å². The van der Waals surface area contributed by atoms with Crippen molar-refractivity contribution in [2.24, 2.45) is 0 Å². The first kappa shape index (κ1) is 16.7. The molecule has 0 aromatic heterocycles. The molecular weight excluding hydrogens is 278 g/mol. The summed E-state index contributed by atoms with van der Waals surface area (Å²) in [5, 5.41) is 16.5. The van der Waals surface area contributed by atoms with Crippen LogP contribution in [0.4, 0.5) is 5.69 Å². The Bertz CT molecular complexity index is 519. The third-order valence-electron chi connectivity index (χ3n) is 2.84. The third-order valence-corrected chi connectivity index (χ3v) is 2.84. The van der Waals surface area contributed by atoms with Crippen molar-refractivity contribution in [2.45, 2.75) is 6.42 Å². The molecule has 1 aromatic carbocycles. The number of ether oxygens (including phenoxy) is 2. The van der Waals surface area contributed by atoms with Crippen molar-refractivity contribution in [2.75, 3.05) is 34.4 Å². The van der Waals surface area contributed by atoms with E-state index in [2.05, 4.69) is 10.6 Å². The van der Waals surface area contributed by atoms with Gasteiger partial charge < -0.3 is 20.1 Å². The average Bonchev–Trinajstić information content (AvgIpc) is 2.46. The van der Waals surface area contributed by atoms with E-state index in [9.17, 15) is 14.9 Å². The van der Waals surface area contributed by atoms with Gasteiger partial charge in [0.05, 0.1) is 31.8 Å². The highest BCUT2D eigenvalue weighted by Gasteiger charge is 2.19. The van der Waals surface area contributed by atoms with E-state index in [-0.39, 0.29) is 18.1 Å². The topological polar surface area (TPSA) is 103 Å². The Morgan fingerprint density at radius 3 is 2.43 bits per heavy atom. The van der Waals surface area contributed by atoms with Crippen LogP contribution in [0.5, 0.6) is 11.5 Å². The Balaban J connectivity index is 2.89. The Morgan fingerprint density at radius 1 is 1.29 bits per heavy atom. The average molecular weight is 297 g/mol. The van der Waals surface area contributed by atoms with E-state index >= 15 is 0 Å². The second-order valence-electron chi connectivity index (χ2n) is 4.22. The predicted octanol–water partition coefficient (Wildman–Crippen LogP) is 0.490. The van der Waals surface area contributed by atoms with Crippen LogP contribution in [0.2, 0.25) is 0 Å². The minimum absolute atomic E-state index is 0.0597. The predicted molar refractivity (Wildman–Crippen MR) is 76.8 cm³/mol. The Kier molecular flexibility index (Phi) is 6.41. The van der Waals surface area contributed by atoms with Crippen molar-refractivity contribution in [3.05, 3.63) is 27.8 Å². The van der Waals surface area contributed by atoms with Crippen molar-refractivity contribution in [3.8, 4) is 11.5 Å². The summed E-state index contributed by atoms with van der Waals surface area (Å²) < 4.78 is 10.2. The molecule has 0 unspecified atom stereocenters. The Hall–Kier alpha value is -2.35. The fourth-order valence-corrected chi connectivity index (χ4v) is 1.84. The number of nitrogens with zero attached hydrogens (tertiary/aromatic N) is 1. The van der Waals surface area contributed by atoms with Crippen molar-refractivity contribution < 1.29 is 19.2 Å². The van der Waals surface area contributed by atoms with Crippen LogP contribution in [0.25, 0.3) is 0 Å². The molecule has 0 aliphatic carbocycles. The standard InChI is InChI=1S/C13H19N3O5/c1-14-8-13(17)15-5-4-9-6-11(20-2)12(21-3)7-10(9)16(18)19/h6-7,14H,4-5,8H2,1-3H3,(H,15,17). The van der Waals surface area contributed by atoms with Crippen LogP contribution in [0.1, 0.15) is 5.56 Å². The molecule has 1 aromatic rings. The van der Waals surface area contributed by atoms with Gasteiger partial charge in [0.15, 0.2) is 11.5 Å². The smallest absolute Gasteiger partial charge is 0.276 e. The molecule has 0 fully saturated rings. The number of hydrogen-bond donors (Lipinski definition) is 2. The van der Waals surface area contributed by atoms with E-state index in [0.29, 0.717) is 30.0 Å². The maximum Gasteiger partial charge on any atom is 0.276 e. The molecule has 0 atom stereocenters. The number of rotatable bonds is 8. The van der Waals surface area contributed by atoms with Gasteiger partial charge in [-0.3, -0.25) is 14.9 Å². The van der Waals surface area contributed by atoms with Crippen LogP contribution in [0.15, 0.2) is 12.1 Å².